The smallest absolute Gasteiger partial charge is 0.242 e. The van der Waals surface area contributed by atoms with Crippen LogP contribution in [0.1, 0.15) is 0 Å². The monoisotopic (exact) mass is 296 g/mol. The minimum Gasteiger partial charge on any atom is -0.318 e. The summed E-state index contributed by atoms with van der Waals surface area (Å²) in [7, 11) is -0.214. The van der Waals surface area contributed by atoms with Gasteiger partial charge in [0.25, 0.3) is 0 Å². The van der Waals surface area contributed by atoms with E-state index in [1.807, 2.05) is 0 Å². The Bertz CT molecular complexity index is 491. The SMILES string of the molecule is CNCCN(C)S(=O)(=O)c1ccc(Cl)c(Cl)c1. The van der Waals surface area contributed by atoms with Crippen molar-refractivity contribution in [2.75, 3.05) is 27.2 Å². The Hall–Kier alpha value is -0.330. The number of nitrogens with zero attached hydrogens (tertiary/aromatic N) is 1. The molecule has 0 unspecified atom stereocenters. The summed E-state index contributed by atoms with van der Waals surface area (Å²) < 4.78 is 25.5. The number of rotatable bonds is 5. The molecule has 0 atom stereocenters. The molecule has 0 fully saturated rings. The van der Waals surface area contributed by atoms with E-state index in [4.69, 9.17) is 23.2 Å². The van der Waals surface area contributed by atoms with E-state index in [1.54, 1.807) is 7.05 Å². The van der Waals surface area contributed by atoms with Crippen LogP contribution >= 0.6 is 23.2 Å². The maximum absolute atomic E-state index is 12.1. The molecule has 1 aromatic rings. The van der Waals surface area contributed by atoms with Gasteiger partial charge in [0.1, 0.15) is 0 Å². The van der Waals surface area contributed by atoms with Crippen LogP contribution in [0.5, 0.6) is 0 Å². The third-order valence-electron chi connectivity index (χ3n) is 2.28. The second kappa shape index (κ2) is 6.02. The van der Waals surface area contributed by atoms with Crippen LogP contribution in [0.25, 0.3) is 0 Å². The van der Waals surface area contributed by atoms with Crippen molar-refractivity contribution in [2.45, 2.75) is 4.90 Å². The summed E-state index contributed by atoms with van der Waals surface area (Å²) in [4.78, 5) is 0.144. The highest BCUT2D eigenvalue weighted by Crippen LogP contribution is 2.25. The normalized spacial score (nSPS) is 12.1. The van der Waals surface area contributed by atoms with Crippen LogP contribution in [-0.4, -0.2) is 39.9 Å². The Morgan fingerprint density at radius 2 is 1.94 bits per heavy atom. The summed E-state index contributed by atoms with van der Waals surface area (Å²) in [6.07, 6.45) is 0. The minimum atomic E-state index is -3.50. The molecule has 0 aromatic heterocycles. The third-order valence-corrected chi connectivity index (χ3v) is 4.87. The maximum Gasteiger partial charge on any atom is 0.242 e. The molecule has 17 heavy (non-hydrogen) atoms. The Balaban J connectivity index is 3.00. The van der Waals surface area contributed by atoms with E-state index >= 15 is 0 Å². The Morgan fingerprint density at radius 1 is 1.29 bits per heavy atom. The van der Waals surface area contributed by atoms with Crippen molar-refractivity contribution < 1.29 is 8.42 Å². The van der Waals surface area contributed by atoms with Crippen molar-refractivity contribution in [1.82, 2.24) is 9.62 Å². The van der Waals surface area contributed by atoms with E-state index in [1.165, 1.54) is 29.6 Å². The molecule has 0 radical (unpaired) electrons. The molecule has 1 rings (SSSR count). The van der Waals surface area contributed by atoms with Gasteiger partial charge in [-0.15, -0.1) is 0 Å². The molecule has 0 bridgehead atoms. The zero-order valence-electron chi connectivity index (χ0n) is 9.57. The molecule has 1 N–H and O–H groups in total. The van der Waals surface area contributed by atoms with Crippen molar-refractivity contribution in [3.05, 3.63) is 28.2 Å². The lowest BCUT2D eigenvalue weighted by Crippen LogP contribution is -2.32. The highest BCUT2D eigenvalue weighted by molar-refractivity contribution is 7.89. The van der Waals surface area contributed by atoms with Gasteiger partial charge in [0.2, 0.25) is 10.0 Å². The largest absolute Gasteiger partial charge is 0.318 e. The number of hydrogen-bond acceptors (Lipinski definition) is 3. The Kier molecular flexibility index (Phi) is 5.22. The van der Waals surface area contributed by atoms with E-state index in [2.05, 4.69) is 5.32 Å². The number of nitrogens with one attached hydrogen (secondary N) is 1. The van der Waals surface area contributed by atoms with Crippen molar-refractivity contribution >= 4 is 33.2 Å². The maximum atomic E-state index is 12.1. The van der Waals surface area contributed by atoms with Crippen molar-refractivity contribution in [3.63, 3.8) is 0 Å². The van der Waals surface area contributed by atoms with Crippen LogP contribution in [0, 0.1) is 0 Å². The van der Waals surface area contributed by atoms with Crippen LogP contribution in [-0.2, 0) is 10.0 Å². The van der Waals surface area contributed by atoms with Crippen LogP contribution in [0.15, 0.2) is 23.1 Å². The molecule has 4 nitrogen and oxygen atoms in total. The number of benzene rings is 1. The van der Waals surface area contributed by atoms with E-state index in [9.17, 15) is 8.42 Å². The summed E-state index contributed by atoms with van der Waals surface area (Å²) in [6, 6.07) is 4.28. The summed E-state index contributed by atoms with van der Waals surface area (Å²) in [5.41, 5.74) is 0. The first kappa shape index (κ1) is 14.7. The molecule has 0 aliphatic carbocycles. The van der Waals surface area contributed by atoms with Gasteiger partial charge in [-0.05, 0) is 25.2 Å². The molecule has 0 amide bonds. The second-order valence-corrected chi connectivity index (χ2v) is 6.37. The average Bonchev–Trinajstić information content (AvgIpc) is 2.29. The van der Waals surface area contributed by atoms with Crippen molar-refractivity contribution in [2.24, 2.45) is 0 Å². The molecule has 96 valence electrons. The first-order chi connectivity index (χ1) is 7.89. The van der Waals surface area contributed by atoms with Gasteiger partial charge in [-0.3, -0.25) is 0 Å². The first-order valence-electron chi connectivity index (χ1n) is 4.95. The summed E-state index contributed by atoms with van der Waals surface area (Å²) in [5, 5.41) is 3.46. The lowest BCUT2D eigenvalue weighted by atomic mass is 10.4. The molecule has 1 aromatic carbocycles. The molecular weight excluding hydrogens is 283 g/mol. The number of likely N-dealkylation sites (N-methyl/N-ethyl adjacent to an activating group) is 2. The van der Waals surface area contributed by atoms with Crippen molar-refractivity contribution in [3.8, 4) is 0 Å². The van der Waals surface area contributed by atoms with Crippen LogP contribution in [0.2, 0.25) is 10.0 Å². The lowest BCUT2D eigenvalue weighted by molar-refractivity contribution is 0.466. The fourth-order valence-electron chi connectivity index (χ4n) is 1.21. The Morgan fingerprint density at radius 3 is 2.47 bits per heavy atom. The molecule has 0 saturated carbocycles. The minimum absolute atomic E-state index is 0.144. The lowest BCUT2D eigenvalue weighted by Gasteiger charge is -2.17. The van der Waals surface area contributed by atoms with Crippen LogP contribution in [0.3, 0.4) is 0 Å². The Labute approximate surface area is 112 Å². The van der Waals surface area contributed by atoms with E-state index in [0.717, 1.165) is 0 Å². The predicted octanol–water partition coefficient (Wildman–Crippen LogP) is 1.83. The highest BCUT2D eigenvalue weighted by atomic mass is 35.5. The number of sulfonamides is 1. The summed E-state index contributed by atoms with van der Waals surface area (Å²) in [6.45, 7) is 0.968. The molecule has 0 saturated heterocycles. The summed E-state index contributed by atoms with van der Waals surface area (Å²) in [5.74, 6) is 0. The van der Waals surface area contributed by atoms with Gasteiger partial charge in [-0.25, -0.2) is 8.42 Å². The molecule has 7 heteroatoms. The van der Waals surface area contributed by atoms with Gasteiger partial charge >= 0.3 is 0 Å². The zero-order valence-corrected chi connectivity index (χ0v) is 11.9. The van der Waals surface area contributed by atoms with E-state index in [0.29, 0.717) is 18.1 Å². The van der Waals surface area contributed by atoms with Gasteiger partial charge in [0, 0.05) is 20.1 Å². The molecule has 0 heterocycles. The fraction of sp³-hybridized carbons (Fsp3) is 0.400. The quantitative estimate of drug-likeness (QED) is 0.902. The van der Waals surface area contributed by atoms with Crippen LogP contribution in [0.4, 0.5) is 0 Å². The summed E-state index contributed by atoms with van der Waals surface area (Å²) >= 11 is 11.5. The first-order valence-corrected chi connectivity index (χ1v) is 7.15. The zero-order chi connectivity index (χ0) is 13.1. The molecule has 0 aliphatic heterocycles. The second-order valence-electron chi connectivity index (χ2n) is 3.51. The van der Waals surface area contributed by atoms with Gasteiger partial charge in [0.05, 0.1) is 14.9 Å². The number of hydrogen-bond donors (Lipinski definition) is 1. The van der Waals surface area contributed by atoms with E-state index < -0.39 is 10.0 Å². The number of halogens is 2. The third kappa shape index (κ3) is 3.56. The van der Waals surface area contributed by atoms with Gasteiger partial charge in [-0.2, -0.15) is 4.31 Å². The molecule has 0 spiro atoms. The van der Waals surface area contributed by atoms with Gasteiger partial charge < -0.3 is 5.32 Å². The topological polar surface area (TPSA) is 49.4 Å². The predicted molar refractivity (Wildman–Crippen MR) is 70.2 cm³/mol. The van der Waals surface area contributed by atoms with Gasteiger partial charge in [-0.1, -0.05) is 23.2 Å². The van der Waals surface area contributed by atoms with Crippen molar-refractivity contribution in [1.29, 1.82) is 0 Å². The van der Waals surface area contributed by atoms with Crippen LogP contribution < -0.4 is 5.32 Å². The van der Waals surface area contributed by atoms with E-state index in [-0.39, 0.29) is 9.92 Å². The molecule has 0 aliphatic rings. The fourth-order valence-corrected chi connectivity index (χ4v) is 2.77. The standard InChI is InChI=1S/C10H14Cl2N2O2S/c1-13-5-6-14(2)17(15,16)8-3-4-9(11)10(12)7-8/h3-4,7,13H,5-6H2,1-2H3. The molecular formula is C10H14Cl2N2O2S. The van der Waals surface area contributed by atoms with Gasteiger partial charge in [0.15, 0.2) is 0 Å². The average molecular weight is 297 g/mol. The highest BCUT2D eigenvalue weighted by Gasteiger charge is 2.20.